The predicted octanol–water partition coefficient (Wildman–Crippen LogP) is 6.88. The molecule has 296 valence electrons. The molecule has 15 heteroatoms. The second kappa shape index (κ2) is 17.0. The van der Waals surface area contributed by atoms with Gasteiger partial charge in [0.1, 0.15) is 16.9 Å². The minimum Gasteiger partial charge on any atom is -0.481 e. The first-order chi connectivity index (χ1) is 26.7. The van der Waals surface area contributed by atoms with Gasteiger partial charge in [-0.25, -0.2) is 14.3 Å². The number of aromatic nitrogens is 4. The van der Waals surface area contributed by atoms with Crippen molar-refractivity contribution in [1.29, 1.82) is 0 Å². The lowest BCUT2D eigenvalue weighted by Crippen LogP contribution is -2.43. The Kier molecular flexibility index (Phi) is 12.4. The maximum atomic E-state index is 13.4. The molecule has 1 fully saturated rings. The Bertz CT molecular complexity index is 2320. The molecule has 2 atom stereocenters. The molecule has 6 rings (SSSR count). The van der Waals surface area contributed by atoms with Crippen molar-refractivity contribution in [3.63, 3.8) is 0 Å². The van der Waals surface area contributed by atoms with Crippen LogP contribution < -0.4 is 20.9 Å². The van der Waals surface area contributed by atoms with Crippen LogP contribution in [-0.4, -0.2) is 81.1 Å². The summed E-state index contributed by atoms with van der Waals surface area (Å²) >= 11 is 14.3. The summed E-state index contributed by atoms with van der Waals surface area (Å²) in [5.74, 6) is 0.857. The highest BCUT2D eigenvalue weighted by atomic mass is 35.5. The number of carbonyl (C=O) groups excluding carboxylic acids is 2. The minimum atomic E-state index is -0.706. The van der Waals surface area contributed by atoms with E-state index in [-0.39, 0.29) is 36.7 Å². The molecule has 1 saturated heterocycles. The van der Waals surface area contributed by atoms with Gasteiger partial charge in [-0.3, -0.25) is 14.2 Å². The van der Waals surface area contributed by atoms with E-state index in [1.165, 1.54) is 11.7 Å². The van der Waals surface area contributed by atoms with Crippen LogP contribution in [0.3, 0.4) is 0 Å². The van der Waals surface area contributed by atoms with Crippen LogP contribution in [0, 0.1) is 0 Å². The summed E-state index contributed by atoms with van der Waals surface area (Å²) in [5, 5.41) is 11.8. The molecule has 5 aromatic rings. The predicted molar refractivity (Wildman–Crippen MR) is 217 cm³/mol. The number of fused-ring (bicyclic) bond motifs is 1. The Balaban J connectivity index is 1.29. The number of hydrogen-bond acceptors (Lipinski definition) is 9. The molecule has 0 spiro atoms. The van der Waals surface area contributed by atoms with E-state index in [1.54, 1.807) is 35.8 Å². The number of hydrogen-bond donors (Lipinski definition) is 2. The molecule has 0 unspecified atom stereocenters. The standard InChI is InChI=1S/C41H47Cl2N7O6/c1-24(54-6)19-44-20-34-47-50-22-26(18-33(50)39(52)48(34)5)28-10-8-11-29(36(28)42)30-12-9-13-31(37(30)43)32-16-14-25(38(46-32)55-7)21-49(40(53)56-41(2,3)4)23-27-15-17-35(51)45-27/h8-14,16,18,22,24,27,44H,15,17,19-21,23H2,1-7H3,(H,45,51)/t24-,27-/m0/s1. The van der Waals surface area contributed by atoms with Crippen molar-refractivity contribution in [3.8, 4) is 39.4 Å². The summed E-state index contributed by atoms with van der Waals surface area (Å²) in [6, 6.07) is 16.6. The van der Waals surface area contributed by atoms with Crippen LogP contribution in [0.25, 0.3) is 39.0 Å². The number of amides is 2. The highest BCUT2D eigenvalue weighted by Crippen LogP contribution is 2.42. The first kappa shape index (κ1) is 40.7. The van der Waals surface area contributed by atoms with Gasteiger partial charge in [0, 0.05) is 79.3 Å². The fourth-order valence-electron chi connectivity index (χ4n) is 6.58. The number of pyridine rings is 1. The summed E-state index contributed by atoms with van der Waals surface area (Å²) in [5.41, 5.74) is 4.21. The first-order valence-electron chi connectivity index (χ1n) is 18.4. The summed E-state index contributed by atoms with van der Waals surface area (Å²) in [4.78, 5) is 45.0. The summed E-state index contributed by atoms with van der Waals surface area (Å²) in [6.07, 6.45) is 2.36. The third-order valence-electron chi connectivity index (χ3n) is 9.60. The molecule has 0 bridgehead atoms. The van der Waals surface area contributed by atoms with E-state index in [9.17, 15) is 14.4 Å². The highest BCUT2D eigenvalue weighted by Gasteiger charge is 2.29. The van der Waals surface area contributed by atoms with Crippen LogP contribution in [0.4, 0.5) is 4.79 Å². The van der Waals surface area contributed by atoms with Gasteiger partial charge in [-0.15, -0.1) is 0 Å². The maximum absolute atomic E-state index is 13.4. The van der Waals surface area contributed by atoms with Crippen molar-refractivity contribution in [2.24, 2.45) is 7.05 Å². The van der Waals surface area contributed by atoms with Crippen LogP contribution in [0.15, 0.2) is 65.6 Å². The molecular formula is C41H47Cl2N7O6. The zero-order valence-corrected chi connectivity index (χ0v) is 34.1. The molecule has 3 aromatic heterocycles. The summed E-state index contributed by atoms with van der Waals surface area (Å²) in [7, 11) is 4.88. The van der Waals surface area contributed by atoms with Gasteiger partial charge < -0.3 is 29.7 Å². The van der Waals surface area contributed by atoms with E-state index >= 15 is 0 Å². The number of ether oxygens (including phenoxy) is 3. The Morgan fingerprint density at radius 1 is 1.04 bits per heavy atom. The quantitative estimate of drug-likeness (QED) is 0.130. The van der Waals surface area contributed by atoms with Gasteiger partial charge >= 0.3 is 6.09 Å². The van der Waals surface area contributed by atoms with Gasteiger partial charge in [0.25, 0.3) is 5.56 Å². The van der Waals surface area contributed by atoms with Crippen molar-refractivity contribution < 1.29 is 23.8 Å². The van der Waals surface area contributed by atoms with E-state index in [0.29, 0.717) is 86.7 Å². The van der Waals surface area contributed by atoms with Gasteiger partial charge in [0.05, 0.1) is 42.0 Å². The maximum Gasteiger partial charge on any atom is 0.410 e. The average Bonchev–Trinajstić information content (AvgIpc) is 3.78. The third kappa shape index (κ3) is 9.02. The van der Waals surface area contributed by atoms with Crippen molar-refractivity contribution in [3.05, 3.63) is 92.6 Å². The number of carbonyl (C=O) groups is 2. The second-order valence-electron chi connectivity index (χ2n) is 14.9. The van der Waals surface area contributed by atoms with E-state index < -0.39 is 11.7 Å². The van der Waals surface area contributed by atoms with Gasteiger partial charge in [0.15, 0.2) is 0 Å². The Hall–Kier alpha value is -4.95. The number of rotatable bonds is 13. The molecule has 0 saturated carbocycles. The van der Waals surface area contributed by atoms with Crippen molar-refractivity contribution in [2.45, 2.75) is 71.4 Å². The highest BCUT2D eigenvalue weighted by molar-refractivity contribution is 6.39. The van der Waals surface area contributed by atoms with E-state index in [0.717, 1.165) is 5.56 Å². The van der Waals surface area contributed by atoms with Gasteiger partial charge in [-0.05, 0) is 52.3 Å². The topological polar surface area (TPSA) is 141 Å². The molecule has 0 radical (unpaired) electrons. The molecule has 56 heavy (non-hydrogen) atoms. The molecule has 2 aromatic carbocycles. The van der Waals surface area contributed by atoms with Crippen LogP contribution in [0.1, 0.15) is 51.9 Å². The fourth-order valence-corrected chi connectivity index (χ4v) is 7.24. The largest absolute Gasteiger partial charge is 0.481 e. The van der Waals surface area contributed by atoms with E-state index in [2.05, 4.69) is 10.6 Å². The van der Waals surface area contributed by atoms with Crippen LogP contribution in [0.2, 0.25) is 10.0 Å². The summed E-state index contributed by atoms with van der Waals surface area (Å²) < 4.78 is 19.9. The minimum absolute atomic E-state index is 0.0189. The van der Waals surface area contributed by atoms with E-state index in [4.69, 9.17) is 47.5 Å². The van der Waals surface area contributed by atoms with E-state index in [1.807, 2.05) is 76.2 Å². The number of halogens is 2. The lowest BCUT2D eigenvalue weighted by Gasteiger charge is -2.29. The molecule has 13 nitrogen and oxygen atoms in total. The molecular weight excluding hydrogens is 757 g/mol. The SMILES string of the molecule is COc1nc(-c2cccc(-c3cccc(-c4cc5c(=O)n(C)c(CNC[C@H](C)OC)nn5c4)c3Cl)c2Cl)ccc1CN(C[C@@H]1CCC(=O)N1)C(=O)OC(C)(C)C. The molecule has 4 heterocycles. The number of nitrogens with one attached hydrogen (secondary N) is 2. The van der Waals surface area contributed by atoms with Crippen LogP contribution in [-0.2, 0) is 34.4 Å². The van der Waals surface area contributed by atoms with Gasteiger partial charge in [-0.2, -0.15) is 5.10 Å². The number of benzene rings is 2. The van der Waals surface area contributed by atoms with Crippen molar-refractivity contribution in [2.75, 3.05) is 27.3 Å². The smallest absolute Gasteiger partial charge is 0.410 e. The first-order valence-corrected chi connectivity index (χ1v) is 19.1. The van der Waals surface area contributed by atoms with Crippen molar-refractivity contribution >= 4 is 40.7 Å². The molecule has 2 N–H and O–H groups in total. The number of nitrogens with zero attached hydrogens (tertiary/aromatic N) is 5. The summed E-state index contributed by atoms with van der Waals surface area (Å²) in [6.45, 7) is 8.81. The van der Waals surface area contributed by atoms with Crippen molar-refractivity contribution in [1.82, 2.24) is 34.7 Å². The Morgan fingerprint density at radius 2 is 1.71 bits per heavy atom. The third-order valence-corrected chi connectivity index (χ3v) is 10.4. The fraction of sp³-hybridized carbons (Fsp3) is 0.390. The Morgan fingerprint density at radius 3 is 2.36 bits per heavy atom. The average molecular weight is 805 g/mol. The molecule has 1 aliphatic heterocycles. The second-order valence-corrected chi connectivity index (χ2v) is 15.6. The van der Waals surface area contributed by atoms with Crippen LogP contribution in [0.5, 0.6) is 5.88 Å². The lowest BCUT2D eigenvalue weighted by atomic mass is 9.97. The monoisotopic (exact) mass is 803 g/mol. The van der Waals surface area contributed by atoms with Crippen LogP contribution >= 0.6 is 23.2 Å². The zero-order valence-electron chi connectivity index (χ0n) is 32.6. The normalized spacial score (nSPS) is 14.9. The molecule has 2 amide bonds. The number of methoxy groups -OCH3 is 2. The molecule has 0 aliphatic carbocycles. The lowest BCUT2D eigenvalue weighted by molar-refractivity contribution is -0.119. The Labute approximate surface area is 335 Å². The zero-order chi connectivity index (χ0) is 40.3. The van der Waals surface area contributed by atoms with Gasteiger partial charge in [0.2, 0.25) is 11.8 Å². The van der Waals surface area contributed by atoms with Gasteiger partial charge in [-0.1, -0.05) is 59.6 Å². The molecule has 1 aliphatic rings.